The zero-order chi connectivity index (χ0) is 12.5. The number of ether oxygens (including phenoxy) is 1. The van der Waals surface area contributed by atoms with Crippen LogP contribution in [0.2, 0.25) is 0 Å². The first kappa shape index (κ1) is 12.7. The molecule has 0 aromatic heterocycles. The van der Waals surface area contributed by atoms with Gasteiger partial charge < -0.3 is 4.74 Å². The van der Waals surface area contributed by atoms with Crippen molar-refractivity contribution in [1.29, 1.82) is 0 Å². The van der Waals surface area contributed by atoms with Crippen molar-refractivity contribution < 1.29 is 9.53 Å². The molecule has 0 amide bonds. The lowest BCUT2D eigenvalue weighted by Gasteiger charge is -2.40. The maximum Gasteiger partial charge on any atom is 0.302 e. The largest absolute Gasteiger partial charge is 0.466 e. The quantitative estimate of drug-likeness (QED) is 0.537. The zero-order valence-electron chi connectivity index (χ0n) is 11.3. The molecule has 0 saturated heterocycles. The first-order valence-electron chi connectivity index (χ1n) is 6.84. The Morgan fingerprint density at radius 2 is 2.18 bits per heavy atom. The molecule has 96 valence electrons. The van der Waals surface area contributed by atoms with E-state index in [0.717, 1.165) is 6.42 Å². The molecule has 0 aromatic carbocycles. The van der Waals surface area contributed by atoms with Crippen LogP contribution in [-0.4, -0.2) is 12.6 Å². The lowest BCUT2D eigenvalue weighted by atomic mass is 9.66. The summed E-state index contributed by atoms with van der Waals surface area (Å²) in [6.45, 7) is 6.85. The van der Waals surface area contributed by atoms with Crippen LogP contribution in [0.3, 0.4) is 0 Å². The Hall–Kier alpha value is -0.790. The van der Waals surface area contributed by atoms with Crippen LogP contribution in [0.4, 0.5) is 0 Å². The minimum Gasteiger partial charge on any atom is -0.466 e. The summed E-state index contributed by atoms with van der Waals surface area (Å²) < 4.78 is 5.17. The number of esters is 1. The second-order valence-corrected chi connectivity index (χ2v) is 6.23. The number of hydrogen-bond acceptors (Lipinski definition) is 2. The normalized spacial score (nSPS) is 27.6. The van der Waals surface area contributed by atoms with Gasteiger partial charge in [-0.1, -0.05) is 25.0 Å². The molecule has 2 aliphatic carbocycles. The van der Waals surface area contributed by atoms with Gasteiger partial charge in [0.2, 0.25) is 0 Å². The molecule has 2 heteroatoms. The van der Waals surface area contributed by atoms with Crippen molar-refractivity contribution in [1.82, 2.24) is 0 Å². The highest BCUT2D eigenvalue weighted by atomic mass is 16.5. The van der Waals surface area contributed by atoms with Crippen LogP contribution in [0.5, 0.6) is 0 Å². The fraction of sp³-hybridized carbons (Fsp3) is 0.800. The Morgan fingerprint density at radius 3 is 2.88 bits per heavy atom. The predicted octanol–water partition coefficient (Wildman–Crippen LogP) is 3.86. The summed E-state index contributed by atoms with van der Waals surface area (Å²) in [7, 11) is 0. The van der Waals surface area contributed by atoms with Crippen molar-refractivity contribution in [2.45, 2.75) is 59.3 Å². The van der Waals surface area contributed by atoms with Crippen molar-refractivity contribution in [3.8, 4) is 0 Å². The van der Waals surface area contributed by atoms with Gasteiger partial charge >= 0.3 is 5.97 Å². The number of hydrogen-bond donors (Lipinski definition) is 0. The van der Waals surface area contributed by atoms with Crippen LogP contribution in [0.15, 0.2) is 11.1 Å². The van der Waals surface area contributed by atoms with Gasteiger partial charge in [0, 0.05) is 6.92 Å². The van der Waals surface area contributed by atoms with Crippen LogP contribution in [0.1, 0.15) is 59.3 Å². The highest BCUT2D eigenvalue weighted by molar-refractivity contribution is 5.65. The van der Waals surface area contributed by atoms with E-state index in [9.17, 15) is 4.79 Å². The zero-order valence-corrected chi connectivity index (χ0v) is 11.3. The van der Waals surface area contributed by atoms with Gasteiger partial charge in [-0.25, -0.2) is 0 Å². The van der Waals surface area contributed by atoms with E-state index in [-0.39, 0.29) is 5.97 Å². The molecule has 0 aromatic rings. The minimum atomic E-state index is -0.146. The van der Waals surface area contributed by atoms with Crippen LogP contribution in [-0.2, 0) is 9.53 Å². The first-order chi connectivity index (χ1) is 7.99. The molecule has 17 heavy (non-hydrogen) atoms. The Bertz CT molecular complexity index is 339. The SMILES string of the molecule is CC(=O)OCC1CCC2=C(C1)C(C)(C)CCC2. The number of rotatable bonds is 2. The van der Waals surface area contributed by atoms with Gasteiger partial charge in [0.05, 0.1) is 6.61 Å². The second-order valence-electron chi connectivity index (χ2n) is 6.23. The summed E-state index contributed by atoms with van der Waals surface area (Å²) in [4.78, 5) is 10.9. The van der Waals surface area contributed by atoms with Gasteiger partial charge in [-0.15, -0.1) is 0 Å². The molecule has 1 unspecified atom stereocenters. The molecule has 2 aliphatic rings. The lowest BCUT2D eigenvalue weighted by molar-refractivity contribution is -0.142. The molecule has 0 saturated carbocycles. The number of carbonyl (C=O) groups excluding carboxylic acids is 1. The molecular weight excluding hydrogens is 212 g/mol. The molecule has 0 aliphatic heterocycles. The predicted molar refractivity (Wildman–Crippen MR) is 68.6 cm³/mol. The fourth-order valence-electron chi connectivity index (χ4n) is 3.37. The summed E-state index contributed by atoms with van der Waals surface area (Å²) >= 11 is 0. The molecule has 1 atom stereocenters. The number of carbonyl (C=O) groups is 1. The van der Waals surface area contributed by atoms with Crippen molar-refractivity contribution in [2.24, 2.45) is 11.3 Å². The van der Waals surface area contributed by atoms with E-state index < -0.39 is 0 Å². The van der Waals surface area contributed by atoms with Crippen molar-refractivity contribution in [3.63, 3.8) is 0 Å². The lowest BCUT2D eigenvalue weighted by Crippen LogP contribution is -2.28. The van der Waals surface area contributed by atoms with Gasteiger partial charge in [-0.2, -0.15) is 0 Å². The van der Waals surface area contributed by atoms with E-state index in [2.05, 4.69) is 13.8 Å². The van der Waals surface area contributed by atoms with Crippen LogP contribution in [0, 0.1) is 11.3 Å². The molecular formula is C15H24O2. The second kappa shape index (κ2) is 4.83. The molecule has 0 N–H and O–H groups in total. The van der Waals surface area contributed by atoms with E-state index in [4.69, 9.17) is 4.74 Å². The summed E-state index contributed by atoms with van der Waals surface area (Å²) in [6, 6.07) is 0. The van der Waals surface area contributed by atoms with E-state index in [1.54, 1.807) is 11.1 Å². The summed E-state index contributed by atoms with van der Waals surface area (Å²) in [5.41, 5.74) is 3.76. The third-order valence-corrected chi connectivity index (χ3v) is 4.39. The van der Waals surface area contributed by atoms with Crippen LogP contribution < -0.4 is 0 Å². The van der Waals surface area contributed by atoms with E-state index >= 15 is 0 Å². The van der Waals surface area contributed by atoms with Gasteiger partial charge in [-0.3, -0.25) is 4.79 Å². The van der Waals surface area contributed by atoms with Crippen LogP contribution in [0.25, 0.3) is 0 Å². The Labute approximate surface area is 104 Å². The van der Waals surface area contributed by atoms with Gasteiger partial charge in [-0.05, 0) is 49.9 Å². The van der Waals surface area contributed by atoms with Gasteiger partial charge in [0.1, 0.15) is 0 Å². The van der Waals surface area contributed by atoms with Gasteiger partial charge in [0.25, 0.3) is 0 Å². The van der Waals surface area contributed by atoms with Crippen molar-refractivity contribution in [2.75, 3.05) is 6.61 Å². The van der Waals surface area contributed by atoms with E-state index in [1.807, 2.05) is 0 Å². The summed E-state index contributed by atoms with van der Waals surface area (Å²) in [5.74, 6) is 0.405. The molecule has 2 nitrogen and oxygen atoms in total. The number of allylic oxidation sites excluding steroid dienone is 2. The minimum absolute atomic E-state index is 0.146. The average Bonchev–Trinajstić information content (AvgIpc) is 2.26. The molecule has 2 rings (SSSR count). The highest BCUT2D eigenvalue weighted by Gasteiger charge is 2.34. The molecule has 0 spiro atoms. The maximum absolute atomic E-state index is 10.9. The Balaban J connectivity index is 2.02. The standard InChI is InChI=1S/C15H24O2/c1-11(16)17-10-12-6-7-13-5-4-8-15(2,3)14(13)9-12/h12H,4-10H2,1-3H3. The Morgan fingerprint density at radius 1 is 1.41 bits per heavy atom. The highest BCUT2D eigenvalue weighted by Crippen LogP contribution is 2.47. The van der Waals surface area contributed by atoms with Crippen LogP contribution >= 0.6 is 0 Å². The van der Waals surface area contributed by atoms with Gasteiger partial charge in [0.15, 0.2) is 0 Å². The third kappa shape index (κ3) is 2.91. The monoisotopic (exact) mass is 236 g/mol. The Kier molecular flexibility index (Phi) is 3.60. The fourth-order valence-corrected chi connectivity index (χ4v) is 3.37. The smallest absolute Gasteiger partial charge is 0.302 e. The first-order valence-corrected chi connectivity index (χ1v) is 6.84. The maximum atomic E-state index is 10.9. The average molecular weight is 236 g/mol. The summed E-state index contributed by atoms with van der Waals surface area (Å²) in [6.07, 6.45) is 7.54. The van der Waals surface area contributed by atoms with Crippen molar-refractivity contribution in [3.05, 3.63) is 11.1 Å². The van der Waals surface area contributed by atoms with E-state index in [1.165, 1.54) is 39.0 Å². The summed E-state index contributed by atoms with van der Waals surface area (Å²) in [5, 5.41) is 0. The molecule has 0 radical (unpaired) electrons. The molecule has 0 heterocycles. The molecule has 0 fully saturated rings. The molecule has 0 bridgehead atoms. The third-order valence-electron chi connectivity index (χ3n) is 4.39. The topological polar surface area (TPSA) is 26.3 Å². The van der Waals surface area contributed by atoms with E-state index in [0.29, 0.717) is 17.9 Å². The van der Waals surface area contributed by atoms with Crippen molar-refractivity contribution >= 4 is 5.97 Å².